The first-order chi connectivity index (χ1) is 28.0. The largest absolute Gasteiger partial charge is 0.492 e. The fraction of sp³-hybridized carbons (Fsp3) is 0.571. The number of amides is 3. The number of ketones is 1. The second-order valence-electron chi connectivity index (χ2n) is 16.8. The van der Waals surface area contributed by atoms with Crippen LogP contribution in [-0.4, -0.2) is 93.8 Å². The fourth-order valence-corrected chi connectivity index (χ4v) is 9.68. The number of fused-ring (bicyclic) bond motifs is 3. The molecule has 4 aliphatic rings. The first-order valence-electron chi connectivity index (χ1n) is 20.5. The third-order valence-electron chi connectivity index (χ3n) is 11.9. The van der Waals surface area contributed by atoms with Crippen molar-refractivity contribution < 1.29 is 41.8 Å². The summed E-state index contributed by atoms with van der Waals surface area (Å²) < 4.78 is 47.7. The number of hydrogen-bond donors (Lipinski definition) is 2. The Hall–Kier alpha value is -4.70. The Labute approximate surface area is 349 Å². The molecule has 2 saturated carbocycles. The van der Waals surface area contributed by atoms with Gasteiger partial charge in [0.25, 0.3) is 5.91 Å². The van der Waals surface area contributed by atoms with Crippen LogP contribution in [0.5, 0.6) is 17.4 Å². The average molecular weight is 853 g/mol. The zero-order chi connectivity index (χ0) is 42.3. The maximum absolute atomic E-state index is 14.8. The van der Waals surface area contributed by atoms with Crippen LogP contribution in [-0.2, 0) is 31.5 Å². The highest BCUT2D eigenvalue weighted by Gasteiger charge is 2.62. The van der Waals surface area contributed by atoms with Gasteiger partial charge in [-0.05, 0) is 90.3 Å². The van der Waals surface area contributed by atoms with Crippen molar-refractivity contribution in [2.24, 2.45) is 18.4 Å². The molecule has 0 unspecified atom stereocenters. The number of allylic oxidation sites excluding steroid dienone is 2. The first-order valence-corrected chi connectivity index (χ1v) is 22.4. The van der Waals surface area contributed by atoms with E-state index >= 15 is 0 Å². The second-order valence-corrected chi connectivity index (χ2v) is 19.3. The van der Waals surface area contributed by atoms with E-state index in [9.17, 15) is 27.6 Å². The Balaban J connectivity index is 1.23. The van der Waals surface area contributed by atoms with Crippen molar-refractivity contribution in [2.75, 3.05) is 13.2 Å². The number of rotatable bonds is 11. The van der Waals surface area contributed by atoms with Gasteiger partial charge in [0, 0.05) is 37.5 Å². The number of halogens is 1. The number of pyridine rings is 1. The number of hydrogen-bond acceptors (Lipinski definition) is 11. The molecule has 0 radical (unpaired) electrons. The summed E-state index contributed by atoms with van der Waals surface area (Å²) in [6.45, 7) is 7.54. The Morgan fingerprint density at radius 3 is 2.58 bits per heavy atom. The molecule has 1 aromatic carbocycles. The van der Waals surface area contributed by atoms with E-state index < -0.39 is 61.9 Å². The van der Waals surface area contributed by atoms with Crippen molar-refractivity contribution in [2.45, 2.75) is 121 Å². The van der Waals surface area contributed by atoms with Crippen LogP contribution < -0.4 is 24.2 Å². The Bertz CT molecular complexity index is 2270. The molecule has 2 aromatic heterocycles. The van der Waals surface area contributed by atoms with E-state index in [-0.39, 0.29) is 48.0 Å². The highest BCUT2D eigenvalue weighted by atomic mass is 35.5. The van der Waals surface area contributed by atoms with Crippen molar-refractivity contribution in [1.82, 2.24) is 29.7 Å². The lowest BCUT2D eigenvalue weighted by molar-refractivity contribution is -0.140. The van der Waals surface area contributed by atoms with E-state index in [2.05, 4.69) is 20.1 Å². The number of sulfonamides is 1. The molecule has 318 valence electrons. The molecule has 3 amide bonds. The van der Waals surface area contributed by atoms with Crippen LogP contribution in [0.4, 0.5) is 0 Å². The highest BCUT2D eigenvalue weighted by Crippen LogP contribution is 2.57. The van der Waals surface area contributed by atoms with Gasteiger partial charge in [-0.3, -0.25) is 28.6 Å². The number of benzene rings is 1. The second kappa shape index (κ2) is 16.7. The molecule has 7 rings (SSSR count). The molecule has 0 bridgehead atoms. The van der Waals surface area contributed by atoms with Crippen LogP contribution in [0, 0.1) is 11.3 Å². The normalized spacial score (nSPS) is 26.3. The summed E-state index contributed by atoms with van der Waals surface area (Å²) in [7, 11) is -2.29. The molecule has 59 heavy (non-hydrogen) atoms. The summed E-state index contributed by atoms with van der Waals surface area (Å²) in [4.78, 5) is 63.1. The smallest absolute Gasteiger partial charge is 0.272 e. The molecule has 15 nitrogen and oxygen atoms in total. The van der Waals surface area contributed by atoms with E-state index in [1.54, 1.807) is 44.4 Å². The lowest BCUT2D eigenvalue weighted by atomic mass is 9.91. The van der Waals surface area contributed by atoms with E-state index in [1.165, 1.54) is 9.58 Å². The maximum Gasteiger partial charge on any atom is 0.272 e. The van der Waals surface area contributed by atoms with Gasteiger partial charge in [0.15, 0.2) is 5.78 Å². The molecule has 2 aliphatic carbocycles. The predicted molar refractivity (Wildman–Crippen MR) is 220 cm³/mol. The third-order valence-corrected chi connectivity index (χ3v) is 14.4. The number of aryl methyl sites for hydroxylation is 1. The summed E-state index contributed by atoms with van der Waals surface area (Å²) >= 11 is 6.80. The van der Waals surface area contributed by atoms with Crippen molar-refractivity contribution in [3.8, 4) is 17.4 Å². The van der Waals surface area contributed by atoms with Crippen LogP contribution in [0.3, 0.4) is 0 Å². The third kappa shape index (κ3) is 8.93. The van der Waals surface area contributed by atoms with Gasteiger partial charge >= 0.3 is 0 Å². The topological polar surface area (TPSA) is 188 Å². The van der Waals surface area contributed by atoms with E-state index in [1.807, 2.05) is 32.9 Å². The Morgan fingerprint density at radius 1 is 1.10 bits per heavy atom. The van der Waals surface area contributed by atoms with Crippen LogP contribution in [0.2, 0.25) is 5.02 Å². The van der Waals surface area contributed by atoms with Crippen molar-refractivity contribution in [3.05, 3.63) is 53.3 Å². The minimum absolute atomic E-state index is 0.0184. The van der Waals surface area contributed by atoms with Gasteiger partial charge < -0.3 is 24.4 Å². The molecular weight excluding hydrogens is 800 g/mol. The lowest BCUT2D eigenvalue weighted by Crippen LogP contribution is -2.52. The summed E-state index contributed by atoms with van der Waals surface area (Å²) in [5.41, 5.74) is -0.764. The molecule has 5 atom stereocenters. The fourth-order valence-electron chi connectivity index (χ4n) is 8.09. The van der Waals surface area contributed by atoms with Gasteiger partial charge in [-0.15, -0.1) is 0 Å². The molecule has 3 fully saturated rings. The summed E-state index contributed by atoms with van der Waals surface area (Å²) in [6.07, 6.45) is 8.76. The zero-order valence-corrected chi connectivity index (χ0v) is 35.7. The molecule has 17 heteroatoms. The van der Waals surface area contributed by atoms with Crippen molar-refractivity contribution >= 4 is 56.0 Å². The Kier molecular flexibility index (Phi) is 12.0. The zero-order valence-electron chi connectivity index (χ0n) is 34.2. The molecule has 2 N–H and O–H groups in total. The van der Waals surface area contributed by atoms with Gasteiger partial charge in [0.05, 0.1) is 35.5 Å². The van der Waals surface area contributed by atoms with Gasteiger partial charge in [-0.25, -0.2) is 13.4 Å². The van der Waals surface area contributed by atoms with Crippen molar-refractivity contribution in [1.29, 1.82) is 0 Å². The van der Waals surface area contributed by atoms with E-state index in [0.717, 1.165) is 12.8 Å². The van der Waals surface area contributed by atoms with Crippen LogP contribution in [0.15, 0.2) is 42.6 Å². The summed E-state index contributed by atoms with van der Waals surface area (Å²) in [6, 6.07) is 4.67. The molecule has 4 heterocycles. The number of Topliss-reactive ketones (excluding diaryl/α,β-unsaturated/α-hetero) is 1. The summed E-state index contributed by atoms with van der Waals surface area (Å²) in [5, 5.41) is 7.93. The summed E-state index contributed by atoms with van der Waals surface area (Å²) in [5.74, 6) is -1.38. The van der Waals surface area contributed by atoms with Gasteiger partial charge in [0.2, 0.25) is 27.7 Å². The Morgan fingerprint density at radius 2 is 1.88 bits per heavy atom. The van der Waals surface area contributed by atoms with Gasteiger partial charge in [0.1, 0.15) is 39.9 Å². The van der Waals surface area contributed by atoms with Crippen LogP contribution >= 0.6 is 11.6 Å². The quantitative estimate of drug-likeness (QED) is 0.234. The van der Waals surface area contributed by atoms with Gasteiger partial charge in [-0.2, -0.15) is 5.10 Å². The molecule has 1 saturated heterocycles. The highest BCUT2D eigenvalue weighted by molar-refractivity contribution is 7.91. The monoisotopic (exact) mass is 852 g/mol. The van der Waals surface area contributed by atoms with Crippen LogP contribution in [0.1, 0.15) is 102 Å². The number of aromatic nitrogens is 3. The van der Waals surface area contributed by atoms with Crippen LogP contribution in [0.25, 0.3) is 10.9 Å². The number of ether oxygens (including phenoxy) is 3. The number of carbonyl (C=O) groups is 4. The van der Waals surface area contributed by atoms with E-state index in [0.29, 0.717) is 67.5 Å². The lowest BCUT2D eigenvalue weighted by Gasteiger charge is -2.29. The minimum Gasteiger partial charge on any atom is -0.492 e. The SMILES string of the molecule is CCOc1ccc2c(O[C@@H]3C[C@H]4C(=O)C[C@]5(C(=O)NS(=O)(=O)C6(C)CC6)C[C@H]5/C=C\CCCCC[C@H](NC(=O)c5ccn(C)n5)C(=O)N4C3)cc(OC(C)C)nc2c1Cl. The maximum atomic E-state index is 14.8. The number of carbonyl (C=O) groups excluding carboxylic acids is 4. The number of nitrogens with one attached hydrogen (secondary N) is 2. The molecule has 2 aliphatic heterocycles. The first kappa shape index (κ1) is 42.4. The standard InChI is InChI=1S/C42H53ClN6O9S/c1-6-56-33-15-14-28-34(21-35(57-25(2)3)45-37(28)36(33)43)58-27-20-31-32(50)23-42(40(53)47-59(54,55)41(4)17-18-41)22-26(42)12-10-8-7-9-11-13-30(39(52)49(31)24-27)44-38(51)29-16-19-48(5)46-29/h10,12,14-16,19,21,25-27,30-31H,6-9,11,13,17-18,20,22-24H2,1-5H3,(H,44,51)(H,47,53)/b12-10-/t26-,27-,30+,31+,42-/m1/s1. The van der Waals surface area contributed by atoms with E-state index in [4.69, 9.17) is 25.8 Å². The average Bonchev–Trinajstić information content (AvgIpc) is 3.98. The molecule has 3 aromatic rings. The number of nitrogens with zero attached hydrogens (tertiary/aromatic N) is 4. The predicted octanol–water partition coefficient (Wildman–Crippen LogP) is 5.44. The minimum atomic E-state index is -3.98. The van der Waals surface area contributed by atoms with Crippen molar-refractivity contribution in [3.63, 3.8) is 0 Å². The molecule has 0 spiro atoms. The molecular formula is C42H53ClN6O9S. The van der Waals surface area contributed by atoms with Gasteiger partial charge in [-0.1, -0.05) is 36.6 Å².